The maximum atomic E-state index is 7.64. The van der Waals surface area contributed by atoms with Gasteiger partial charge in [-0.05, 0) is 66.8 Å². The summed E-state index contributed by atoms with van der Waals surface area (Å²) in [6.45, 7) is 0. The van der Waals surface area contributed by atoms with Gasteiger partial charge in [0.15, 0.2) is 0 Å². The van der Waals surface area contributed by atoms with Gasteiger partial charge in [0.2, 0.25) is 0 Å². The Morgan fingerprint density at radius 3 is 1.94 bits per heavy atom. The van der Waals surface area contributed by atoms with Crippen molar-refractivity contribution in [1.82, 2.24) is 0 Å². The van der Waals surface area contributed by atoms with Crippen molar-refractivity contribution < 1.29 is 0 Å². The van der Waals surface area contributed by atoms with E-state index >= 15 is 0 Å². The molecule has 32 heavy (non-hydrogen) atoms. The van der Waals surface area contributed by atoms with Crippen LogP contribution in [0.25, 0.3) is 0 Å². The number of aliphatic imine (C=N–C) groups is 3. The number of allylic oxidation sites excluding steroid dienone is 6. The molecule has 0 aliphatic heterocycles. The molecule has 0 unspecified atom stereocenters. The fraction of sp³-hybridized carbons (Fsp3) is 0. The number of nitrogens with two attached hydrogens (primary N) is 4. The molecule has 2 aromatic carbocycles. The van der Waals surface area contributed by atoms with Crippen LogP contribution in [-0.2, 0) is 0 Å². The van der Waals surface area contributed by atoms with Crippen molar-refractivity contribution in [3.05, 3.63) is 90.3 Å². The van der Waals surface area contributed by atoms with Crippen molar-refractivity contribution in [2.24, 2.45) is 26.4 Å². The van der Waals surface area contributed by atoms with Crippen LogP contribution in [-0.4, -0.2) is 22.8 Å². The van der Waals surface area contributed by atoms with Crippen LogP contribution in [0, 0.1) is 5.41 Å². The van der Waals surface area contributed by atoms with Gasteiger partial charge < -0.3 is 22.9 Å². The molecule has 2 aliphatic rings. The Bertz CT molecular complexity index is 1320. The summed E-state index contributed by atoms with van der Waals surface area (Å²) in [5, 5.41) is 7.64. The van der Waals surface area contributed by atoms with E-state index in [-0.39, 0.29) is 5.71 Å². The second-order valence-electron chi connectivity index (χ2n) is 7.15. The Hall–Kier alpha value is -4.72. The first-order valence-corrected chi connectivity index (χ1v) is 9.79. The summed E-state index contributed by atoms with van der Waals surface area (Å²) in [6, 6.07) is 12.7. The van der Waals surface area contributed by atoms with Crippen molar-refractivity contribution in [1.29, 1.82) is 5.41 Å². The minimum Gasteiger partial charge on any atom is -0.397 e. The average molecular weight is 422 g/mol. The Kier molecular flexibility index (Phi) is 5.50. The summed E-state index contributed by atoms with van der Waals surface area (Å²) in [7, 11) is 0. The number of hydrogen-bond acceptors (Lipinski definition) is 8. The number of hydrogen-bond donors (Lipinski definition) is 5. The van der Waals surface area contributed by atoms with Gasteiger partial charge >= 0.3 is 0 Å². The lowest BCUT2D eigenvalue weighted by Crippen LogP contribution is -2.15. The largest absolute Gasteiger partial charge is 0.397 e. The Labute approximate surface area is 185 Å². The number of nitrogen functional groups attached to an aromatic ring is 2. The molecule has 8 nitrogen and oxygen atoms in total. The van der Waals surface area contributed by atoms with E-state index in [0.717, 1.165) is 0 Å². The standard InChI is InChI=1S/C24H22N8/c25-17-8-5-14(11-19(17)27)31-23-10-7-16(13-21(23)29)32-24-9-6-15(12-20(24)28)30-22-4-2-1-3-18(22)26/h1-13,25H,26-29H2. The van der Waals surface area contributed by atoms with E-state index in [1.165, 1.54) is 0 Å². The van der Waals surface area contributed by atoms with Gasteiger partial charge in [-0.1, -0.05) is 12.1 Å². The quantitative estimate of drug-likeness (QED) is 0.377. The summed E-state index contributed by atoms with van der Waals surface area (Å²) in [4.78, 5) is 13.6. The van der Waals surface area contributed by atoms with E-state index < -0.39 is 0 Å². The van der Waals surface area contributed by atoms with Gasteiger partial charge in [-0.2, -0.15) is 0 Å². The molecule has 0 aromatic heterocycles. The van der Waals surface area contributed by atoms with E-state index in [1.54, 1.807) is 54.6 Å². The summed E-state index contributed by atoms with van der Waals surface area (Å²) >= 11 is 0. The molecule has 4 rings (SSSR count). The number of nitrogens with zero attached hydrogens (tertiary/aromatic N) is 3. The summed E-state index contributed by atoms with van der Waals surface area (Å²) < 4.78 is 0. The molecule has 0 amide bonds. The number of benzene rings is 2. The van der Waals surface area contributed by atoms with Gasteiger partial charge in [0.1, 0.15) is 0 Å². The van der Waals surface area contributed by atoms with Crippen LogP contribution in [0.3, 0.4) is 0 Å². The molecule has 2 aliphatic carbocycles. The smallest absolute Gasteiger partial charge is 0.0867 e. The van der Waals surface area contributed by atoms with Gasteiger partial charge in [-0.3, -0.25) is 5.41 Å². The number of rotatable bonds is 3. The molecule has 0 saturated carbocycles. The van der Waals surface area contributed by atoms with E-state index in [4.69, 9.17) is 28.3 Å². The number of para-hydroxylation sites is 2. The van der Waals surface area contributed by atoms with E-state index in [9.17, 15) is 0 Å². The highest BCUT2D eigenvalue weighted by atomic mass is 14.8. The van der Waals surface area contributed by atoms with Crippen LogP contribution in [0.1, 0.15) is 0 Å². The fourth-order valence-electron chi connectivity index (χ4n) is 3.05. The average Bonchev–Trinajstić information content (AvgIpc) is 2.76. The van der Waals surface area contributed by atoms with Gasteiger partial charge in [-0.25, -0.2) is 15.0 Å². The van der Waals surface area contributed by atoms with Crippen molar-refractivity contribution >= 4 is 51.3 Å². The third-order valence-corrected chi connectivity index (χ3v) is 4.74. The molecule has 0 spiro atoms. The zero-order chi connectivity index (χ0) is 22.7. The first-order chi connectivity index (χ1) is 15.4. The highest BCUT2D eigenvalue weighted by Gasteiger charge is 2.10. The van der Waals surface area contributed by atoms with Crippen LogP contribution in [0.5, 0.6) is 0 Å². The molecule has 0 fully saturated rings. The summed E-state index contributed by atoms with van der Waals surface area (Å²) in [5.74, 6) is 0. The summed E-state index contributed by atoms with van der Waals surface area (Å²) in [6.07, 6.45) is 10.3. The Morgan fingerprint density at radius 2 is 1.28 bits per heavy atom. The Morgan fingerprint density at radius 1 is 0.625 bits per heavy atom. The van der Waals surface area contributed by atoms with Crippen LogP contribution in [0.2, 0.25) is 0 Å². The molecule has 2 aromatic rings. The molecule has 9 N–H and O–H groups in total. The molecule has 0 atom stereocenters. The summed E-state index contributed by atoms with van der Waals surface area (Å²) in [5.41, 5.74) is 30.1. The topological polar surface area (TPSA) is 165 Å². The maximum Gasteiger partial charge on any atom is 0.0867 e. The highest BCUT2D eigenvalue weighted by molar-refractivity contribution is 6.22. The molecule has 0 radical (unpaired) electrons. The van der Waals surface area contributed by atoms with Crippen LogP contribution < -0.4 is 22.9 Å². The fourth-order valence-corrected chi connectivity index (χ4v) is 3.05. The van der Waals surface area contributed by atoms with Crippen LogP contribution >= 0.6 is 0 Å². The minimum atomic E-state index is 0.259. The van der Waals surface area contributed by atoms with Crippen molar-refractivity contribution in [2.75, 3.05) is 11.5 Å². The van der Waals surface area contributed by atoms with Crippen molar-refractivity contribution in [3.8, 4) is 0 Å². The van der Waals surface area contributed by atoms with Gasteiger partial charge in [-0.15, -0.1) is 0 Å². The van der Waals surface area contributed by atoms with Gasteiger partial charge in [0, 0.05) is 0 Å². The zero-order valence-electron chi connectivity index (χ0n) is 17.2. The zero-order valence-corrected chi connectivity index (χ0v) is 17.2. The molecule has 0 saturated heterocycles. The van der Waals surface area contributed by atoms with E-state index in [2.05, 4.69) is 15.0 Å². The predicted octanol–water partition coefficient (Wildman–Crippen LogP) is 3.61. The molecule has 0 bridgehead atoms. The van der Waals surface area contributed by atoms with E-state index in [1.807, 2.05) is 24.3 Å². The van der Waals surface area contributed by atoms with E-state index in [0.29, 0.717) is 57.0 Å². The number of anilines is 2. The van der Waals surface area contributed by atoms with Crippen LogP contribution in [0.15, 0.2) is 105 Å². The highest BCUT2D eigenvalue weighted by Crippen LogP contribution is 2.29. The van der Waals surface area contributed by atoms with Crippen molar-refractivity contribution in [2.45, 2.75) is 0 Å². The first-order valence-electron chi connectivity index (χ1n) is 9.79. The minimum absolute atomic E-state index is 0.259. The normalized spacial score (nSPS) is 19.5. The van der Waals surface area contributed by atoms with Gasteiger partial charge in [0.05, 0.1) is 62.7 Å². The lowest BCUT2D eigenvalue weighted by molar-refractivity contribution is 1.39. The third kappa shape index (κ3) is 4.54. The Balaban J connectivity index is 1.56. The number of nitrogens with one attached hydrogen (secondary N) is 1. The molecular formula is C24H22N8. The molecular weight excluding hydrogens is 400 g/mol. The molecule has 158 valence electrons. The van der Waals surface area contributed by atoms with Gasteiger partial charge in [0.25, 0.3) is 0 Å². The molecule has 8 heteroatoms. The van der Waals surface area contributed by atoms with Crippen LogP contribution in [0.4, 0.5) is 28.4 Å². The SMILES string of the molecule is N=C1C=CC(=Nc2ccc(N=C3C=CC(=Nc4ccccc4N)C=C3N)cc2N)C=C1N. The monoisotopic (exact) mass is 422 g/mol. The lowest BCUT2D eigenvalue weighted by atomic mass is 10.1. The predicted molar refractivity (Wildman–Crippen MR) is 134 cm³/mol. The second kappa shape index (κ2) is 8.57. The second-order valence-corrected chi connectivity index (χ2v) is 7.15. The molecule has 0 heterocycles. The van der Waals surface area contributed by atoms with Crippen molar-refractivity contribution in [3.63, 3.8) is 0 Å². The lowest BCUT2D eigenvalue weighted by Gasteiger charge is -2.10. The third-order valence-electron chi connectivity index (χ3n) is 4.74. The first kappa shape index (κ1) is 20.5. The maximum absolute atomic E-state index is 7.64.